The van der Waals surface area contributed by atoms with Crippen molar-refractivity contribution in [2.75, 3.05) is 29.9 Å². The van der Waals surface area contributed by atoms with Gasteiger partial charge in [0.15, 0.2) is 0 Å². The molecule has 5 rings (SSSR count). The van der Waals surface area contributed by atoms with Gasteiger partial charge in [0.2, 0.25) is 5.91 Å². The summed E-state index contributed by atoms with van der Waals surface area (Å²) < 4.78 is 5.52. The van der Waals surface area contributed by atoms with Crippen molar-refractivity contribution >= 4 is 40.1 Å². The molecule has 0 aliphatic carbocycles. The number of carbonyl (C=O) groups is 1. The second kappa shape index (κ2) is 8.83. The van der Waals surface area contributed by atoms with Crippen LogP contribution < -0.4 is 9.80 Å². The van der Waals surface area contributed by atoms with Crippen molar-refractivity contribution in [3.63, 3.8) is 0 Å². The molecule has 1 aliphatic rings. The van der Waals surface area contributed by atoms with E-state index in [1.807, 2.05) is 42.5 Å². The van der Waals surface area contributed by atoms with Crippen LogP contribution in [-0.4, -0.2) is 41.2 Å². The molecule has 8 heteroatoms. The highest BCUT2D eigenvalue weighted by molar-refractivity contribution is 6.30. The zero-order valence-electron chi connectivity index (χ0n) is 18.5. The molecule has 0 spiro atoms. The number of fused-ring (bicyclic) bond motifs is 1. The normalized spacial score (nSPS) is 14.6. The molecule has 0 atom stereocenters. The zero-order chi connectivity index (χ0) is 22.9. The number of amides is 1. The van der Waals surface area contributed by atoms with Gasteiger partial charge >= 0.3 is 0 Å². The van der Waals surface area contributed by atoms with E-state index in [0.29, 0.717) is 23.8 Å². The smallest absolute Gasteiger partial charge is 0.263 e. The second-order valence-electron chi connectivity index (χ2n) is 8.41. The standard InChI is InChI=1S/C25H24ClN5O2/c1-16-6-8-17(9-7-16)22-21-23(27-15-28-24(21)33-29-22)31-12-10-18(11-13-31)25(32)30(2)20-5-3-4-19(26)14-20/h3-9,14-15,18H,10-13H2,1-2H3. The predicted molar refractivity (Wildman–Crippen MR) is 130 cm³/mol. The fraction of sp³-hybridized carbons (Fsp3) is 0.280. The predicted octanol–water partition coefficient (Wildman–Crippen LogP) is 5.13. The Labute approximate surface area is 197 Å². The third-order valence-electron chi connectivity index (χ3n) is 6.25. The van der Waals surface area contributed by atoms with Gasteiger partial charge in [-0.05, 0) is 38.0 Å². The Kier molecular flexibility index (Phi) is 5.72. The average molecular weight is 462 g/mol. The summed E-state index contributed by atoms with van der Waals surface area (Å²) in [6.07, 6.45) is 2.98. The lowest BCUT2D eigenvalue weighted by atomic mass is 9.95. The van der Waals surface area contributed by atoms with Crippen molar-refractivity contribution in [2.24, 2.45) is 5.92 Å². The molecule has 2 aromatic carbocycles. The van der Waals surface area contributed by atoms with Crippen molar-refractivity contribution < 1.29 is 9.32 Å². The first-order valence-electron chi connectivity index (χ1n) is 11.0. The van der Waals surface area contributed by atoms with E-state index in [-0.39, 0.29) is 11.8 Å². The van der Waals surface area contributed by atoms with Gasteiger partial charge in [0.1, 0.15) is 23.2 Å². The summed E-state index contributed by atoms with van der Waals surface area (Å²) in [4.78, 5) is 25.8. The molecule has 1 amide bonds. The Morgan fingerprint density at radius 2 is 1.88 bits per heavy atom. The van der Waals surface area contributed by atoms with E-state index in [1.165, 1.54) is 11.9 Å². The Bertz CT molecular complexity index is 1300. The van der Waals surface area contributed by atoms with Crippen molar-refractivity contribution in [1.82, 2.24) is 15.1 Å². The molecule has 33 heavy (non-hydrogen) atoms. The molecule has 0 saturated carbocycles. The lowest BCUT2D eigenvalue weighted by molar-refractivity contribution is -0.122. The summed E-state index contributed by atoms with van der Waals surface area (Å²) in [6, 6.07) is 15.5. The Hall–Kier alpha value is -3.45. The molecule has 0 bridgehead atoms. The maximum Gasteiger partial charge on any atom is 0.263 e. The third-order valence-corrected chi connectivity index (χ3v) is 6.48. The highest BCUT2D eigenvalue weighted by Crippen LogP contribution is 2.35. The molecule has 3 heterocycles. The van der Waals surface area contributed by atoms with Gasteiger partial charge < -0.3 is 14.3 Å². The molecule has 7 nitrogen and oxygen atoms in total. The lowest BCUT2D eigenvalue weighted by Gasteiger charge is -2.34. The minimum Gasteiger partial charge on any atom is -0.356 e. The van der Waals surface area contributed by atoms with Gasteiger partial charge in [0.25, 0.3) is 5.71 Å². The lowest BCUT2D eigenvalue weighted by Crippen LogP contribution is -2.41. The van der Waals surface area contributed by atoms with E-state index >= 15 is 0 Å². The maximum atomic E-state index is 13.1. The van der Waals surface area contributed by atoms with E-state index in [1.54, 1.807) is 18.0 Å². The van der Waals surface area contributed by atoms with E-state index < -0.39 is 0 Å². The molecule has 0 radical (unpaired) electrons. The average Bonchev–Trinajstić information content (AvgIpc) is 3.28. The quantitative estimate of drug-likeness (QED) is 0.419. The number of nitrogens with zero attached hydrogens (tertiary/aromatic N) is 5. The van der Waals surface area contributed by atoms with Crippen molar-refractivity contribution in [1.29, 1.82) is 0 Å². The fourth-order valence-electron chi connectivity index (χ4n) is 4.34. The van der Waals surface area contributed by atoms with Crippen LogP contribution >= 0.6 is 11.6 Å². The van der Waals surface area contributed by atoms with Crippen LogP contribution in [0.2, 0.25) is 5.02 Å². The van der Waals surface area contributed by atoms with Crippen LogP contribution in [0.15, 0.2) is 59.4 Å². The first-order valence-corrected chi connectivity index (χ1v) is 11.3. The summed E-state index contributed by atoms with van der Waals surface area (Å²) in [5, 5.41) is 5.71. The molecule has 1 saturated heterocycles. The molecular weight excluding hydrogens is 438 g/mol. The van der Waals surface area contributed by atoms with Crippen molar-refractivity contribution in [2.45, 2.75) is 19.8 Å². The van der Waals surface area contributed by atoms with E-state index in [4.69, 9.17) is 16.1 Å². The molecule has 1 fully saturated rings. The molecule has 0 N–H and O–H groups in total. The first kappa shape index (κ1) is 21.4. The van der Waals surface area contributed by atoms with Crippen LogP contribution in [0.4, 0.5) is 11.5 Å². The number of hydrogen-bond acceptors (Lipinski definition) is 6. The molecular formula is C25H24ClN5O2. The summed E-state index contributed by atoms with van der Waals surface area (Å²) in [5.41, 5.74) is 4.15. The number of hydrogen-bond donors (Lipinski definition) is 0. The summed E-state index contributed by atoms with van der Waals surface area (Å²) in [6.45, 7) is 3.48. The van der Waals surface area contributed by atoms with E-state index in [0.717, 1.165) is 41.0 Å². The molecule has 1 aliphatic heterocycles. The van der Waals surface area contributed by atoms with E-state index in [2.05, 4.69) is 26.9 Å². The number of halogens is 1. The summed E-state index contributed by atoms with van der Waals surface area (Å²) >= 11 is 6.10. The van der Waals surface area contributed by atoms with Gasteiger partial charge in [-0.1, -0.05) is 52.7 Å². The summed E-state index contributed by atoms with van der Waals surface area (Å²) in [5.74, 6) is 0.850. The van der Waals surface area contributed by atoms with Crippen molar-refractivity contribution in [3.05, 3.63) is 65.4 Å². The molecule has 2 aromatic heterocycles. The Morgan fingerprint density at radius 1 is 1.12 bits per heavy atom. The minimum absolute atomic E-state index is 0.0541. The van der Waals surface area contributed by atoms with Crippen LogP contribution in [0, 0.1) is 12.8 Å². The Morgan fingerprint density at radius 3 is 2.61 bits per heavy atom. The highest BCUT2D eigenvalue weighted by atomic mass is 35.5. The van der Waals surface area contributed by atoms with Crippen LogP contribution in [0.25, 0.3) is 22.4 Å². The van der Waals surface area contributed by atoms with Gasteiger partial charge in [-0.3, -0.25) is 4.79 Å². The largest absolute Gasteiger partial charge is 0.356 e. The zero-order valence-corrected chi connectivity index (χ0v) is 19.3. The number of piperidine rings is 1. The fourth-order valence-corrected chi connectivity index (χ4v) is 4.53. The topological polar surface area (TPSA) is 75.4 Å². The van der Waals surface area contributed by atoms with Gasteiger partial charge in [0, 0.05) is 42.3 Å². The van der Waals surface area contributed by atoms with E-state index in [9.17, 15) is 4.79 Å². The van der Waals surface area contributed by atoms with Gasteiger partial charge in [-0.25, -0.2) is 4.98 Å². The number of anilines is 2. The van der Waals surface area contributed by atoms with Crippen molar-refractivity contribution in [3.8, 4) is 11.3 Å². The number of rotatable bonds is 4. The highest BCUT2D eigenvalue weighted by Gasteiger charge is 2.30. The number of aromatic nitrogens is 3. The monoisotopic (exact) mass is 461 g/mol. The van der Waals surface area contributed by atoms with Gasteiger partial charge in [-0.2, -0.15) is 4.98 Å². The summed E-state index contributed by atoms with van der Waals surface area (Å²) in [7, 11) is 1.80. The minimum atomic E-state index is -0.0541. The molecule has 0 unspecified atom stereocenters. The van der Waals surface area contributed by atoms with Crippen LogP contribution in [0.3, 0.4) is 0 Å². The Balaban J connectivity index is 1.36. The molecule has 168 valence electrons. The van der Waals surface area contributed by atoms with Crippen LogP contribution in [-0.2, 0) is 4.79 Å². The van der Waals surface area contributed by atoms with Crippen LogP contribution in [0.5, 0.6) is 0 Å². The molecule has 4 aromatic rings. The second-order valence-corrected chi connectivity index (χ2v) is 8.85. The SMILES string of the molecule is Cc1ccc(-c2noc3ncnc(N4CCC(C(=O)N(C)c5cccc(Cl)c5)CC4)c23)cc1. The number of aryl methyl sites for hydroxylation is 1. The van der Waals surface area contributed by atoms with Gasteiger partial charge in [-0.15, -0.1) is 0 Å². The van der Waals surface area contributed by atoms with Gasteiger partial charge in [0.05, 0.1) is 0 Å². The maximum absolute atomic E-state index is 13.1. The number of carbonyl (C=O) groups excluding carboxylic acids is 1. The third kappa shape index (κ3) is 4.16. The van der Waals surface area contributed by atoms with Crippen LogP contribution in [0.1, 0.15) is 18.4 Å². The first-order chi connectivity index (χ1) is 16.0. The number of benzene rings is 2.